The van der Waals surface area contributed by atoms with Gasteiger partial charge in [-0.25, -0.2) is 0 Å². The third-order valence-corrected chi connectivity index (χ3v) is 1.27. The molecule has 0 aliphatic carbocycles. The molecule has 0 radical (unpaired) electrons. The summed E-state index contributed by atoms with van der Waals surface area (Å²) in [7, 11) is 0. The lowest BCUT2D eigenvalue weighted by Gasteiger charge is -1.94. The van der Waals surface area contributed by atoms with Crippen molar-refractivity contribution < 1.29 is 4.79 Å². The van der Waals surface area contributed by atoms with Crippen molar-refractivity contribution in [2.24, 2.45) is 0 Å². The van der Waals surface area contributed by atoms with Gasteiger partial charge in [0.25, 0.3) is 0 Å². The van der Waals surface area contributed by atoms with Gasteiger partial charge in [-0.05, 0) is 26.3 Å². The second-order valence-corrected chi connectivity index (χ2v) is 3.05. The van der Waals surface area contributed by atoms with E-state index in [0.717, 1.165) is 5.57 Å². The molecule has 1 aromatic rings. The fourth-order valence-electron chi connectivity index (χ4n) is 0.723. The van der Waals surface area contributed by atoms with E-state index in [1.165, 1.54) is 19.4 Å². The molecule has 0 fully saturated rings. The molecule has 0 aliphatic rings. The topological polar surface area (TPSA) is 17.1 Å². The van der Waals surface area contributed by atoms with Gasteiger partial charge in [0.2, 0.25) is 0 Å². The smallest absolute Gasteiger partial charge is 0.126 e. The van der Waals surface area contributed by atoms with Crippen molar-refractivity contribution in [3.8, 4) is 0 Å². The van der Waals surface area contributed by atoms with Crippen LogP contribution in [0.2, 0.25) is 0 Å². The average Bonchev–Trinajstić information content (AvgIpc) is 2.21. The van der Waals surface area contributed by atoms with Gasteiger partial charge in [-0.15, -0.1) is 0 Å². The lowest BCUT2D eigenvalue weighted by atomic mass is 10.1. The lowest BCUT2D eigenvalue weighted by Crippen LogP contribution is -1.72. The maximum Gasteiger partial charge on any atom is 0.126 e. The largest absolute Gasteiger partial charge is 0.300 e. The van der Waals surface area contributed by atoms with Crippen LogP contribution in [0, 0.1) is 0 Å². The second-order valence-electron chi connectivity index (χ2n) is 3.05. The molecule has 0 spiro atoms. The normalized spacial score (nSPS) is 7.53. The maximum atomic E-state index is 9.44. The van der Waals surface area contributed by atoms with E-state index < -0.39 is 0 Å². The van der Waals surface area contributed by atoms with Crippen molar-refractivity contribution in [2.45, 2.75) is 34.6 Å². The Hall–Kier alpha value is -1.37. The first-order valence-electron chi connectivity index (χ1n) is 5.22. The highest BCUT2D eigenvalue weighted by Gasteiger charge is 1.86. The summed E-state index contributed by atoms with van der Waals surface area (Å²) >= 11 is 0. The molecular formula is C14H22O. The fourth-order valence-corrected chi connectivity index (χ4v) is 0.723. The van der Waals surface area contributed by atoms with Crippen molar-refractivity contribution in [3.05, 3.63) is 42.5 Å². The van der Waals surface area contributed by atoms with Gasteiger partial charge >= 0.3 is 0 Å². The van der Waals surface area contributed by atoms with Gasteiger partial charge in [-0.2, -0.15) is 0 Å². The van der Waals surface area contributed by atoms with Crippen LogP contribution in [0.25, 0.3) is 5.57 Å². The number of ketones is 1. The Morgan fingerprint density at radius 1 is 1.00 bits per heavy atom. The highest BCUT2D eigenvalue weighted by molar-refractivity contribution is 5.72. The van der Waals surface area contributed by atoms with E-state index in [-0.39, 0.29) is 5.78 Å². The Morgan fingerprint density at radius 2 is 1.33 bits per heavy atom. The first-order valence-corrected chi connectivity index (χ1v) is 5.22. The number of carbonyl (C=O) groups is 1. The Balaban J connectivity index is 0. The predicted molar refractivity (Wildman–Crippen MR) is 68.9 cm³/mol. The van der Waals surface area contributed by atoms with Crippen molar-refractivity contribution >= 4 is 11.4 Å². The molecule has 0 saturated heterocycles. The minimum absolute atomic E-state index is 0.167. The molecule has 1 rings (SSSR count). The van der Waals surface area contributed by atoms with E-state index >= 15 is 0 Å². The molecule has 0 saturated carbocycles. The minimum Gasteiger partial charge on any atom is -0.300 e. The van der Waals surface area contributed by atoms with Crippen LogP contribution in [-0.4, -0.2) is 5.78 Å². The summed E-state index contributed by atoms with van der Waals surface area (Å²) in [5, 5.41) is 0. The Labute approximate surface area is 93.8 Å². The number of allylic oxidation sites excluding steroid dienone is 1. The molecular weight excluding hydrogens is 184 g/mol. The van der Waals surface area contributed by atoms with Gasteiger partial charge in [0.15, 0.2) is 0 Å². The number of hydrogen-bond acceptors (Lipinski definition) is 1. The van der Waals surface area contributed by atoms with Crippen LogP contribution in [0.15, 0.2) is 36.9 Å². The van der Waals surface area contributed by atoms with Crippen LogP contribution in [0.4, 0.5) is 0 Å². The molecule has 0 N–H and O–H groups in total. The van der Waals surface area contributed by atoms with Gasteiger partial charge in [0, 0.05) is 0 Å². The first-order chi connectivity index (χ1) is 7.04. The van der Waals surface area contributed by atoms with Crippen LogP contribution < -0.4 is 0 Å². The lowest BCUT2D eigenvalue weighted by molar-refractivity contribution is -0.114. The van der Waals surface area contributed by atoms with E-state index in [2.05, 4.69) is 18.7 Å². The number of carbonyl (C=O) groups excluding carboxylic acids is 1. The third-order valence-electron chi connectivity index (χ3n) is 1.27. The molecule has 84 valence electrons. The summed E-state index contributed by atoms with van der Waals surface area (Å²) in [5.74, 6) is 0.167. The SMILES string of the molecule is C=C(C)c1ccccc1.CC.CC(C)=O. The maximum absolute atomic E-state index is 9.44. The molecule has 0 aromatic heterocycles. The van der Waals surface area contributed by atoms with E-state index in [0.29, 0.717) is 0 Å². The summed E-state index contributed by atoms with van der Waals surface area (Å²) in [6.07, 6.45) is 0. The molecule has 1 nitrogen and oxygen atoms in total. The van der Waals surface area contributed by atoms with Crippen molar-refractivity contribution in [1.29, 1.82) is 0 Å². The highest BCUT2D eigenvalue weighted by Crippen LogP contribution is 2.08. The Morgan fingerprint density at radius 3 is 1.53 bits per heavy atom. The van der Waals surface area contributed by atoms with Crippen LogP contribution in [-0.2, 0) is 4.79 Å². The fraction of sp³-hybridized carbons (Fsp3) is 0.357. The first kappa shape index (κ1) is 16.1. The van der Waals surface area contributed by atoms with E-state index in [4.69, 9.17) is 0 Å². The Kier molecular flexibility index (Phi) is 11.5. The number of rotatable bonds is 1. The van der Waals surface area contributed by atoms with Gasteiger partial charge in [0.1, 0.15) is 5.78 Å². The number of benzene rings is 1. The quantitative estimate of drug-likeness (QED) is 0.668. The monoisotopic (exact) mass is 206 g/mol. The highest BCUT2D eigenvalue weighted by atomic mass is 16.1. The van der Waals surface area contributed by atoms with E-state index in [1.54, 1.807) is 0 Å². The zero-order valence-corrected chi connectivity index (χ0v) is 10.5. The number of Topliss-reactive ketones (excluding diaryl/α,β-unsaturated/α-hetero) is 1. The molecule has 15 heavy (non-hydrogen) atoms. The van der Waals surface area contributed by atoms with Crippen LogP contribution >= 0.6 is 0 Å². The van der Waals surface area contributed by atoms with Gasteiger partial charge in [-0.3, -0.25) is 0 Å². The molecule has 0 atom stereocenters. The molecule has 1 heteroatoms. The molecule has 0 amide bonds. The minimum atomic E-state index is 0.167. The second kappa shape index (κ2) is 10.7. The van der Waals surface area contributed by atoms with Gasteiger partial charge in [-0.1, -0.05) is 56.3 Å². The van der Waals surface area contributed by atoms with Crippen LogP contribution in [0.3, 0.4) is 0 Å². The molecule has 0 aliphatic heterocycles. The third kappa shape index (κ3) is 12.6. The van der Waals surface area contributed by atoms with Crippen molar-refractivity contribution in [3.63, 3.8) is 0 Å². The summed E-state index contributed by atoms with van der Waals surface area (Å²) < 4.78 is 0. The van der Waals surface area contributed by atoms with Gasteiger partial charge in [0.05, 0.1) is 0 Å². The predicted octanol–water partition coefficient (Wildman–Crippen LogP) is 4.34. The Bertz CT molecular complexity index is 269. The standard InChI is InChI=1S/C9H10.C3H6O.C2H6/c1-8(2)9-6-4-3-5-7-9;1-3(2)4;1-2/h3-7H,1H2,2H3;1-2H3;1-2H3. The average molecular weight is 206 g/mol. The van der Waals surface area contributed by atoms with E-state index in [1.807, 2.05) is 39.0 Å². The van der Waals surface area contributed by atoms with Crippen molar-refractivity contribution in [2.75, 3.05) is 0 Å². The summed E-state index contributed by atoms with van der Waals surface area (Å²) in [6, 6.07) is 10.2. The van der Waals surface area contributed by atoms with Crippen molar-refractivity contribution in [1.82, 2.24) is 0 Å². The van der Waals surface area contributed by atoms with Crippen LogP contribution in [0.5, 0.6) is 0 Å². The van der Waals surface area contributed by atoms with Crippen LogP contribution in [0.1, 0.15) is 40.2 Å². The van der Waals surface area contributed by atoms with E-state index in [9.17, 15) is 4.79 Å². The molecule has 0 unspecified atom stereocenters. The molecule has 0 bridgehead atoms. The molecule has 1 aromatic carbocycles. The number of hydrogen-bond donors (Lipinski definition) is 0. The summed E-state index contributed by atoms with van der Waals surface area (Å²) in [4.78, 5) is 9.44. The summed E-state index contributed by atoms with van der Waals surface area (Å²) in [5.41, 5.74) is 2.34. The zero-order chi connectivity index (χ0) is 12.3. The summed E-state index contributed by atoms with van der Waals surface area (Å²) in [6.45, 7) is 12.9. The zero-order valence-electron chi connectivity index (χ0n) is 10.5. The van der Waals surface area contributed by atoms with Gasteiger partial charge < -0.3 is 4.79 Å². The molecule has 0 heterocycles.